The molecule has 15 heavy (non-hydrogen) atoms. The first kappa shape index (κ1) is 11.7. The van der Waals surface area contributed by atoms with Gasteiger partial charge < -0.3 is 9.63 Å². The summed E-state index contributed by atoms with van der Waals surface area (Å²) in [6.07, 6.45) is 2.61. The number of carboxylic acids is 1. The van der Waals surface area contributed by atoms with E-state index >= 15 is 0 Å². The molecule has 1 aromatic heterocycles. The van der Waals surface area contributed by atoms with E-state index in [1.807, 2.05) is 13.8 Å². The molecule has 0 saturated carbocycles. The number of hydrogen-bond donors (Lipinski definition) is 2. The molecule has 5 nitrogen and oxygen atoms in total. The van der Waals surface area contributed by atoms with Crippen LogP contribution in [0.25, 0.3) is 0 Å². The zero-order valence-corrected chi connectivity index (χ0v) is 8.99. The van der Waals surface area contributed by atoms with Crippen LogP contribution in [-0.2, 0) is 11.3 Å². The van der Waals surface area contributed by atoms with Crippen molar-refractivity contribution < 1.29 is 14.4 Å². The molecule has 0 amide bonds. The van der Waals surface area contributed by atoms with Gasteiger partial charge in [0.25, 0.3) is 0 Å². The van der Waals surface area contributed by atoms with E-state index < -0.39 is 11.5 Å². The number of nitrogens with one attached hydrogen (secondary N) is 1. The Morgan fingerprint density at radius 2 is 2.27 bits per heavy atom. The second-order valence-electron chi connectivity index (χ2n) is 3.43. The lowest BCUT2D eigenvalue weighted by atomic mass is 9.93. The van der Waals surface area contributed by atoms with Gasteiger partial charge in [0.2, 0.25) is 0 Å². The van der Waals surface area contributed by atoms with Gasteiger partial charge in [-0.15, -0.1) is 0 Å². The summed E-state index contributed by atoms with van der Waals surface area (Å²) in [5.41, 5.74) is -0.868. The molecular formula is C10H16N2O3. The van der Waals surface area contributed by atoms with Crippen LogP contribution < -0.4 is 5.32 Å². The Kier molecular flexibility index (Phi) is 3.85. The van der Waals surface area contributed by atoms with Gasteiger partial charge in [0.1, 0.15) is 11.3 Å². The molecule has 0 saturated heterocycles. The van der Waals surface area contributed by atoms with E-state index in [-0.39, 0.29) is 0 Å². The van der Waals surface area contributed by atoms with Crippen LogP contribution in [0.1, 0.15) is 32.4 Å². The van der Waals surface area contributed by atoms with E-state index in [0.717, 1.165) is 0 Å². The lowest BCUT2D eigenvalue weighted by Gasteiger charge is -2.27. The van der Waals surface area contributed by atoms with Crippen molar-refractivity contribution in [3.8, 4) is 0 Å². The first-order valence-corrected chi connectivity index (χ1v) is 5.02. The Labute approximate surface area is 88.5 Å². The van der Waals surface area contributed by atoms with E-state index in [1.165, 1.54) is 6.20 Å². The Hall–Kier alpha value is -1.36. The number of carbonyl (C=O) groups is 1. The van der Waals surface area contributed by atoms with Crippen molar-refractivity contribution in [2.75, 3.05) is 0 Å². The normalized spacial score (nSPS) is 11.6. The highest BCUT2D eigenvalue weighted by atomic mass is 16.5. The minimum atomic E-state index is -0.868. The van der Waals surface area contributed by atoms with Crippen LogP contribution in [0.3, 0.4) is 0 Å². The van der Waals surface area contributed by atoms with Crippen LogP contribution >= 0.6 is 0 Å². The minimum Gasteiger partial charge on any atom is -0.480 e. The molecule has 1 heterocycles. The molecule has 0 spiro atoms. The maximum atomic E-state index is 11.1. The summed E-state index contributed by atoms with van der Waals surface area (Å²) in [4.78, 5) is 11.1. The van der Waals surface area contributed by atoms with Crippen molar-refractivity contribution in [2.45, 2.75) is 38.8 Å². The smallest absolute Gasteiger partial charge is 0.323 e. The van der Waals surface area contributed by atoms with Gasteiger partial charge in [0.05, 0.1) is 12.7 Å². The summed E-state index contributed by atoms with van der Waals surface area (Å²) in [6, 6.07) is 1.71. The van der Waals surface area contributed by atoms with E-state index in [0.29, 0.717) is 25.1 Å². The Balaban J connectivity index is 2.63. The van der Waals surface area contributed by atoms with Crippen LogP contribution in [0.5, 0.6) is 0 Å². The van der Waals surface area contributed by atoms with E-state index in [4.69, 9.17) is 9.63 Å². The van der Waals surface area contributed by atoms with Gasteiger partial charge in [0.15, 0.2) is 0 Å². The number of aliphatic carboxylic acids is 1. The summed E-state index contributed by atoms with van der Waals surface area (Å²) in [6.45, 7) is 4.09. The third-order valence-corrected chi connectivity index (χ3v) is 2.71. The highest BCUT2D eigenvalue weighted by molar-refractivity contribution is 5.78. The zero-order valence-electron chi connectivity index (χ0n) is 8.99. The van der Waals surface area contributed by atoms with Gasteiger partial charge in [-0.3, -0.25) is 10.1 Å². The van der Waals surface area contributed by atoms with Crippen LogP contribution in [0.15, 0.2) is 16.8 Å². The zero-order chi connectivity index (χ0) is 11.3. The SMILES string of the molecule is CCC(CC)(NCc1ccno1)C(=O)O. The Bertz CT molecular complexity index is 304. The van der Waals surface area contributed by atoms with Crippen LogP contribution in [0.4, 0.5) is 0 Å². The summed E-state index contributed by atoms with van der Waals surface area (Å²) < 4.78 is 4.89. The molecule has 0 aromatic carbocycles. The summed E-state index contributed by atoms with van der Waals surface area (Å²) in [7, 11) is 0. The number of rotatable bonds is 6. The maximum Gasteiger partial charge on any atom is 0.323 e. The van der Waals surface area contributed by atoms with Crippen molar-refractivity contribution in [3.63, 3.8) is 0 Å². The molecule has 0 fully saturated rings. The molecule has 1 aromatic rings. The lowest BCUT2D eigenvalue weighted by Crippen LogP contribution is -2.50. The van der Waals surface area contributed by atoms with Crippen molar-refractivity contribution in [1.29, 1.82) is 0 Å². The molecule has 0 atom stereocenters. The fourth-order valence-electron chi connectivity index (χ4n) is 1.47. The highest BCUT2D eigenvalue weighted by Crippen LogP contribution is 2.16. The topological polar surface area (TPSA) is 75.4 Å². The average Bonchev–Trinajstić information content (AvgIpc) is 2.72. The first-order chi connectivity index (χ1) is 7.14. The van der Waals surface area contributed by atoms with Gasteiger partial charge in [-0.2, -0.15) is 0 Å². The largest absolute Gasteiger partial charge is 0.480 e. The van der Waals surface area contributed by atoms with Crippen molar-refractivity contribution in [2.24, 2.45) is 0 Å². The lowest BCUT2D eigenvalue weighted by molar-refractivity contribution is -0.145. The van der Waals surface area contributed by atoms with Gasteiger partial charge in [-0.25, -0.2) is 0 Å². The van der Waals surface area contributed by atoms with E-state index in [2.05, 4.69) is 10.5 Å². The second kappa shape index (κ2) is 4.93. The predicted molar refractivity (Wildman–Crippen MR) is 54.3 cm³/mol. The molecule has 0 bridgehead atoms. The summed E-state index contributed by atoms with van der Waals surface area (Å²) in [5, 5.41) is 15.7. The van der Waals surface area contributed by atoms with Crippen LogP contribution in [-0.4, -0.2) is 21.8 Å². The quantitative estimate of drug-likeness (QED) is 0.745. The van der Waals surface area contributed by atoms with Crippen LogP contribution in [0, 0.1) is 0 Å². The fourth-order valence-corrected chi connectivity index (χ4v) is 1.47. The van der Waals surface area contributed by atoms with Gasteiger partial charge in [-0.05, 0) is 12.8 Å². The second-order valence-corrected chi connectivity index (χ2v) is 3.43. The summed E-state index contributed by atoms with van der Waals surface area (Å²) in [5.74, 6) is -0.186. The molecule has 0 aliphatic carbocycles. The van der Waals surface area contributed by atoms with Gasteiger partial charge >= 0.3 is 5.97 Å². The standard InChI is InChI=1S/C10H16N2O3/c1-3-10(4-2,9(13)14)11-7-8-5-6-12-15-8/h5-6,11H,3-4,7H2,1-2H3,(H,13,14). The molecule has 5 heteroatoms. The number of aromatic nitrogens is 1. The van der Waals surface area contributed by atoms with Crippen LogP contribution in [0.2, 0.25) is 0 Å². The monoisotopic (exact) mass is 212 g/mol. The number of carboxylic acid groups (broad SMARTS) is 1. The third-order valence-electron chi connectivity index (χ3n) is 2.71. The average molecular weight is 212 g/mol. The van der Waals surface area contributed by atoms with E-state index in [1.54, 1.807) is 6.07 Å². The summed E-state index contributed by atoms with van der Waals surface area (Å²) >= 11 is 0. The third kappa shape index (κ3) is 2.56. The maximum absolute atomic E-state index is 11.1. The van der Waals surface area contributed by atoms with Gasteiger partial charge in [0, 0.05) is 6.07 Å². The Morgan fingerprint density at radius 1 is 1.60 bits per heavy atom. The van der Waals surface area contributed by atoms with Crippen molar-refractivity contribution in [1.82, 2.24) is 10.5 Å². The molecular weight excluding hydrogens is 196 g/mol. The predicted octanol–water partition coefficient (Wildman–Crippen LogP) is 1.41. The molecule has 0 aliphatic rings. The molecule has 2 N–H and O–H groups in total. The molecule has 0 radical (unpaired) electrons. The molecule has 0 unspecified atom stereocenters. The van der Waals surface area contributed by atoms with E-state index in [9.17, 15) is 4.79 Å². The molecule has 0 aliphatic heterocycles. The number of hydrogen-bond acceptors (Lipinski definition) is 4. The highest BCUT2D eigenvalue weighted by Gasteiger charge is 2.34. The van der Waals surface area contributed by atoms with Crippen molar-refractivity contribution in [3.05, 3.63) is 18.0 Å². The van der Waals surface area contributed by atoms with Crippen molar-refractivity contribution >= 4 is 5.97 Å². The molecule has 84 valence electrons. The number of nitrogens with zero attached hydrogens (tertiary/aromatic N) is 1. The first-order valence-electron chi connectivity index (χ1n) is 5.02. The molecule has 1 rings (SSSR count). The van der Waals surface area contributed by atoms with Gasteiger partial charge in [-0.1, -0.05) is 19.0 Å². The fraction of sp³-hybridized carbons (Fsp3) is 0.600. The minimum absolute atomic E-state index is 0.383. The Morgan fingerprint density at radius 3 is 2.67 bits per heavy atom.